The number of ether oxygens (including phenoxy) is 1. The number of benzene rings is 2. The van der Waals surface area contributed by atoms with Crippen molar-refractivity contribution >= 4 is 29.0 Å². The van der Waals surface area contributed by atoms with Gasteiger partial charge in [-0.3, -0.25) is 9.69 Å². The van der Waals surface area contributed by atoms with Crippen LogP contribution < -0.4 is 14.5 Å². The minimum atomic E-state index is -0.671. The molecule has 1 atom stereocenters. The van der Waals surface area contributed by atoms with Gasteiger partial charge in [0, 0.05) is 42.6 Å². The molecule has 3 aromatic rings. The van der Waals surface area contributed by atoms with E-state index in [1.165, 1.54) is 0 Å². The van der Waals surface area contributed by atoms with Gasteiger partial charge in [0.15, 0.2) is 5.69 Å². The summed E-state index contributed by atoms with van der Waals surface area (Å²) < 4.78 is 6.46. The zero-order valence-corrected chi connectivity index (χ0v) is 21.0. The molecule has 1 aromatic heterocycles. The van der Waals surface area contributed by atoms with Crippen LogP contribution in [0, 0.1) is 0 Å². The molecule has 7 nitrogen and oxygen atoms in total. The molecule has 8 heteroatoms. The van der Waals surface area contributed by atoms with Crippen molar-refractivity contribution in [2.75, 3.05) is 28.6 Å². The van der Waals surface area contributed by atoms with Crippen LogP contribution in [0.15, 0.2) is 53.7 Å². The molecule has 0 spiro atoms. The third-order valence-electron chi connectivity index (χ3n) is 5.89. The van der Waals surface area contributed by atoms with E-state index in [1.807, 2.05) is 36.4 Å². The number of thioether (sulfide) groups is 1. The Morgan fingerprint density at radius 2 is 1.79 bits per heavy atom. The van der Waals surface area contributed by atoms with Gasteiger partial charge in [-0.15, -0.1) is 10.2 Å². The number of carbonyl (C=O) groups is 1. The number of unbranched alkanes of at least 4 members (excludes halogenated alkanes) is 1. The Kier molecular flexibility index (Phi) is 7.67. The van der Waals surface area contributed by atoms with Crippen molar-refractivity contribution in [1.82, 2.24) is 15.2 Å². The fourth-order valence-corrected chi connectivity index (χ4v) is 4.94. The molecule has 0 aliphatic carbocycles. The van der Waals surface area contributed by atoms with Crippen LogP contribution in [-0.2, 0) is 4.79 Å². The first-order valence-electron chi connectivity index (χ1n) is 11.9. The van der Waals surface area contributed by atoms with Crippen LogP contribution in [0.3, 0.4) is 0 Å². The highest BCUT2D eigenvalue weighted by atomic mass is 32.2. The second kappa shape index (κ2) is 10.9. The van der Waals surface area contributed by atoms with E-state index < -0.39 is 6.23 Å². The van der Waals surface area contributed by atoms with Crippen LogP contribution in [-0.4, -0.2) is 39.9 Å². The van der Waals surface area contributed by atoms with Gasteiger partial charge >= 0.3 is 0 Å². The highest BCUT2D eigenvalue weighted by Crippen LogP contribution is 2.43. The fraction of sp³-hybridized carbons (Fsp3) is 0.385. The van der Waals surface area contributed by atoms with Crippen LogP contribution in [0.25, 0.3) is 11.3 Å². The van der Waals surface area contributed by atoms with Gasteiger partial charge in [-0.25, -0.2) is 0 Å². The van der Waals surface area contributed by atoms with E-state index in [2.05, 4.69) is 48.0 Å². The molecule has 2 heterocycles. The average Bonchev–Trinajstić information content (AvgIpc) is 3.00. The van der Waals surface area contributed by atoms with Gasteiger partial charge < -0.3 is 9.64 Å². The molecule has 0 saturated heterocycles. The van der Waals surface area contributed by atoms with Crippen molar-refractivity contribution in [1.29, 1.82) is 0 Å². The number of hydrogen-bond donors (Lipinski definition) is 0. The summed E-state index contributed by atoms with van der Waals surface area (Å²) in [6.45, 7) is 9.84. The Labute approximate surface area is 205 Å². The molecular formula is C26H31N5O2S. The number of amides is 1. The lowest BCUT2D eigenvalue weighted by Crippen LogP contribution is -2.36. The zero-order chi connectivity index (χ0) is 24.1. The summed E-state index contributed by atoms with van der Waals surface area (Å²) in [4.78, 5) is 21.6. The van der Waals surface area contributed by atoms with Crippen LogP contribution in [0.2, 0.25) is 0 Å². The molecule has 1 unspecified atom stereocenters. The molecule has 0 N–H and O–H groups in total. The molecule has 0 radical (unpaired) electrons. The maximum atomic E-state index is 12.9. The van der Waals surface area contributed by atoms with E-state index in [0.29, 0.717) is 16.7 Å². The minimum absolute atomic E-state index is 0.122. The van der Waals surface area contributed by atoms with E-state index >= 15 is 0 Å². The van der Waals surface area contributed by atoms with Crippen LogP contribution in [0.4, 0.5) is 11.4 Å². The van der Waals surface area contributed by atoms with Gasteiger partial charge in [-0.1, -0.05) is 55.4 Å². The summed E-state index contributed by atoms with van der Waals surface area (Å²) in [6, 6.07) is 15.9. The van der Waals surface area contributed by atoms with Gasteiger partial charge in [-0.05, 0) is 38.5 Å². The van der Waals surface area contributed by atoms with Crippen molar-refractivity contribution < 1.29 is 9.53 Å². The SMILES string of the molecule is CCCCSc1nnc2c(n1)OC(c1ccc(N(CC)CC)cc1)N(C(C)=O)c1ccccc1-2. The molecule has 34 heavy (non-hydrogen) atoms. The number of hydrogen-bond acceptors (Lipinski definition) is 7. The van der Waals surface area contributed by atoms with E-state index in [-0.39, 0.29) is 5.91 Å². The Balaban J connectivity index is 1.79. The highest BCUT2D eigenvalue weighted by molar-refractivity contribution is 7.99. The van der Waals surface area contributed by atoms with Gasteiger partial charge in [0.25, 0.3) is 0 Å². The van der Waals surface area contributed by atoms with Crippen molar-refractivity contribution in [2.45, 2.75) is 51.9 Å². The number of para-hydroxylation sites is 1. The van der Waals surface area contributed by atoms with E-state index in [0.717, 1.165) is 54.2 Å². The van der Waals surface area contributed by atoms with Gasteiger partial charge in [0.05, 0.1) is 5.69 Å². The minimum Gasteiger partial charge on any atom is -0.447 e. The summed E-state index contributed by atoms with van der Waals surface area (Å²) in [5, 5.41) is 9.39. The zero-order valence-electron chi connectivity index (χ0n) is 20.2. The molecular weight excluding hydrogens is 446 g/mol. The van der Waals surface area contributed by atoms with E-state index in [1.54, 1.807) is 23.6 Å². The Morgan fingerprint density at radius 3 is 2.47 bits per heavy atom. The number of rotatable bonds is 8. The second-order valence-corrected chi connectivity index (χ2v) is 9.15. The Morgan fingerprint density at radius 1 is 1.06 bits per heavy atom. The normalized spacial score (nSPS) is 14.6. The maximum Gasteiger partial charge on any atom is 0.247 e. The molecule has 4 rings (SSSR count). The first-order chi connectivity index (χ1) is 16.6. The molecule has 1 amide bonds. The van der Waals surface area contributed by atoms with Crippen molar-refractivity contribution in [2.24, 2.45) is 0 Å². The van der Waals surface area contributed by atoms with Crippen LogP contribution >= 0.6 is 11.8 Å². The first kappa shape index (κ1) is 24.0. The quantitative estimate of drug-likeness (QED) is 0.303. The highest BCUT2D eigenvalue weighted by Gasteiger charge is 2.34. The van der Waals surface area contributed by atoms with Gasteiger partial charge in [-0.2, -0.15) is 4.98 Å². The maximum absolute atomic E-state index is 12.9. The molecule has 178 valence electrons. The molecule has 0 saturated carbocycles. The second-order valence-electron chi connectivity index (χ2n) is 8.09. The monoisotopic (exact) mass is 477 g/mol. The Hall–Kier alpha value is -3.13. The predicted molar refractivity (Wildman–Crippen MR) is 137 cm³/mol. The average molecular weight is 478 g/mol. The summed E-state index contributed by atoms with van der Waals surface area (Å²) in [6.07, 6.45) is 1.51. The number of anilines is 2. The van der Waals surface area contributed by atoms with Crippen molar-refractivity contribution in [3.8, 4) is 17.1 Å². The topological polar surface area (TPSA) is 71.5 Å². The largest absolute Gasteiger partial charge is 0.447 e. The number of carbonyl (C=O) groups excluding carboxylic acids is 1. The first-order valence-corrected chi connectivity index (χ1v) is 12.8. The summed E-state index contributed by atoms with van der Waals surface area (Å²) in [5.41, 5.74) is 4.06. The van der Waals surface area contributed by atoms with Gasteiger partial charge in [0.1, 0.15) is 0 Å². The van der Waals surface area contributed by atoms with E-state index in [9.17, 15) is 4.79 Å². The van der Waals surface area contributed by atoms with Gasteiger partial charge in [0.2, 0.25) is 23.2 Å². The number of nitrogens with zero attached hydrogens (tertiary/aromatic N) is 5. The third kappa shape index (κ3) is 4.87. The van der Waals surface area contributed by atoms with Crippen LogP contribution in [0.5, 0.6) is 5.88 Å². The molecule has 0 fully saturated rings. The molecule has 1 aliphatic rings. The summed E-state index contributed by atoms with van der Waals surface area (Å²) >= 11 is 1.57. The lowest BCUT2D eigenvalue weighted by molar-refractivity contribution is -0.118. The number of aromatic nitrogens is 3. The van der Waals surface area contributed by atoms with E-state index in [4.69, 9.17) is 9.72 Å². The van der Waals surface area contributed by atoms with Crippen molar-refractivity contribution in [3.63, 3.8) is 0 Å². The smallest absolute Gasteiger partial charge is 0.247 e. The standard InChI is InChI=1S/C26H31N5O2S/c1-5-8-17-34-26-27-24-23(28-29-26)21-11-9-10-12-22(21)31(18(4)32)25(33-24)19-13-15-20(16-14-19)30(6-2)7-3/h9-16,25H,5-8,17H2,1-4H3. The molecule has 0 bridgehead atoms. The number of fused-ring (bicyclic) bond motifs is 3. The lowest BCUT2D eigenvalue weighted by Gasteiger charge is -2.30. The molecule has 1 aliphatic heterocycles. The summed E-state index contributed by atoms with van der Waals surface area (Å²) in [7, 11) is 0. The predicted octanol–water partition coefficient (Wildman–Crippen LogP) is 5.72. The van der Waals surface area contributed by atoms with Crippen molar-refractivity contribution in [3.05, 3.63) is 54.1 Å². The van der Waals surface area contributed by atoms with Crippen LogP contribution in [0.1, 0.15) is 52.3 Å². The Bertz CT molecular complexity index is 1130. The molecule has 2 aromatic carbocycles. The fourth-order valence-electron chi connectivity index (χ4n) is 4.08. The lowest BCUT2D eigenvalue weighted by atomic mass is 10.1. The summed E-state index contributed by atoms with van der Waals surface area (Å²) in [5.74, 6) is 1.19. The third-order valence-corrected chi connectivity index (χ3v) is 6.81.